The van der Waals surface area contributed by atoms with Gasteiger partial charge in [-0.3, -0.25) is 9.36 Å². The van der Waals surface area contributed by atoms with E-state index < -0.39 is 0 Å². The molecule has 0 atom stereocenters. The Kier molecular flexibility index (Phi) is 7.72. The molecule has 0 unspecified atom stereocenters. The second-order valence-electron chi connectivity index (χ2n) is 7.85. The Labute approximate surface area is 209 Å². The predicted octanol–water partition coefficient (Wildman–Crippen LogP) is 5.55. The molecule has 0 aliphatic heterocycles. The molecule has 180 valence electrons. The summed E-state index contributed by atoms with van der Waals surface area (Å²) in [4.78, 5) is 12.9. The molecule has 4 aromatic rings. The lowest BCUT2D eigenvalue weighted by molar-refractivity contribution is -0.113. The van der Waals surface area contributed by atoms with Crippen molar-refractivity contribution in [3.8, 4) is 28.6 Å². The number of hydrogen-bond donors (Lipinski definition) is 1. The predicted molar refractivity (Wildman–Crippen MR) is 140 cm³/mol. The summed E-state index contributed by atoms with van der Waals surface area (Å²) in [6.07, 6.45) is 0.849. The van der Waals surface area contributed by atoms with Gasteiger partial charge < -0.3 is 14.8 Å². The second kappa shape index (κ2) is 11.1. The number of nitrogens with one attached hydrogen (secondary N) is 1. The third-order valence-corrected chi connectivity index (χ3v) is 6.56. The van der Waals surface area contributed by atoms with E-state index >= 15 is 0 Å². The van der Waals surface area contributed by atoms with Crippen LogP contribution in [0.3, 0.4) is 0 Å². The molecule has 0 aliphatic carbocycles. The van der Waals surface area contributed by atoms with E-state index in [1.165, 1.54) is 11.8 Å². The van der Waals surface area contributed by atoms with Gasteiger partial charge in [-0.25, -0.2) is 0 Å². The molecule has 0 spiro atoms. The van der Waals surface area contributed by atoms with Gasteiger partial charge in [0.1, 0.15) is 0 Å². The second-order valence-corrected chi connectivity index (χ2v) is 8.79. The maximum atomic E-state index is 12.9. The number of aryl methyl sites for hydroxylation is 2. The molecular weight excluding hydrogens is 460 g/mol. The number of carbonyl (C=O) groups excluding carboxylic acids is 1. The summed E-state index contributed by atoms with van der Waals surface area (Å²) in [6.45, 7) is 4.08. The average Bonchev–Trinajstić information content (AvgIpc) is 3.32. The first-order chi connectivity index (χ1) is 17.0. The van der Waals surface area contributed by atoms with Crippen LogP contribution < -0.4 is 14.8 Å². The first kappa shape index (κ1) is 24.3. The van der Waals surface area contributed by atoms with Crippen LogP contribution in [-0.2, 0) is 11.2 Å². The zero-order valence-electron chi connectivity index (χ0n) is 20.2. The standard InChI is InChI=1S/C27H28N4O3S/c1-5-19-11-9-10-18(2)25(19)28-24(32)17-35-27-30-29-26(31(27)21-12-7-6-8-13-21)20-14-15-22(33-3)23(16-20)34-4/h6-16H,5,17H2,1-4H3,(H,28,32). The summed E-state index contributed by atoms with van der Waals surface area (Å²) in [5.41, 5.74) is 4.77. The van der Waals surface area contributed by atoms with Gasteiger partial charge in [-0.2, -0.15) is 0 Å². The Morgan fingerprint density at radius 1 is 0.971 bits per heavy atom. The monoisotopic (exact) mass is 488 g/mol. The Morgan fingerprint density at radius 2 is 1.74 bits per heavy atom. The number of methoxy groups -OCH3 is 2. The smallest absolute Gasteiger partial charge is 0.234 e. The van der Waals surface area contributed by atoms with Gasteiger partial charge in [0.25, 0.3) is 0 Å². The van der Waals surface area contributed by atoms with Crippen LogP contribution >= 0.6 is 11.8 Å². The summed E-state index contributed by atoms with van der Waals surface area (Å²) in [5.74, 6) is 2.00. The molecule has 0 bridgehead atoms. The number of nitrogens with zero attached hydrogens (tertiary/aromatic N) is 3. The fourth-order valence-electron chi connectivity index (χ4n) is 3.84. The van der Waals surface area contributed by atoms with Gasteiger partial charge in [-0.15, -0.1) is 10.2 Å². The van der Waals surface area contributed by atoms with Crippen LogP contribution in [0.1, 0.15) is 18.1 Å². The number of carbonyl (C=O) groups is 1. The van der Waals surface area contributed by atoms with Crippen molar-refractivity contribution in [3.05, 3.63) is 77.9 Å². The number of anilines is 1. The Morgan fingerprint density at radius 3 is 2.46 bits per heavy atom. The fourth-order valence-corrected chi connectivity index (χ4v) is 4.60. The maximum absolute atomic E-state index is 12.9. The zero-order valence-corrected chi connectivity index (χ0v) is 21.1. The summed E-state index contributed by atoms with van der Waals surface area (Å²) in [5, 5.41) is 12.6. The Bertz CT molecular complexity index is 1320. The maximum Gasteiger partial charge on any atom is 0.234 e. The minimum atomic E-state index is -0.0886. The van der Waals surface area contributed by atoms with E-state index in [0.717, 1.165) is 34.5 Å². The normalized spacial score (nSPS) is 10.7. The van der Waals surface area contributed by atoms with Crippen LogP contribution in [0.15, 0.2) is 71.9 Å². The highest BCUT2D eigenvalue weighted by Gasteiger charge is 2.19. The molecular formula is C27H28N4O3S. The minimum absolute atomic E-state index is 0.0886. The van der Waals surface area contributed by atoms with Gasteiger partial charge in [-0.1, -0.05) is 55.1 Å². The lowest BCUT2D eigenvalue weighted by Gasteiger charge is -2.14. The van der Waals surface area contributed by atoms with Crippen molar-refractivity contribution in [2.24, 2.45) is 0 Å². The number of amides is 1. The number of aromatic nitrogens is 3. The van der Waals surface area contributed by atoms with Gasteiger partial charge >= 0.3 is 0 Å². The van der Waals surface area contributed by atoms with Gasteiger partial charge in [0, 0.05) is 16.9 Å². The lowest BCUT2D eigenvalue weighted by Crippen LogP contribution is -2.16. The number of ether oxygens (including phenoxy) is 2. The summed E-state index contributed by atoms with van der Waals surface area (Å²) in [7, 11) is 3.20. The van der Waals surface area contributed by atoms with E-state index in [1.807, 2.05) is 78.2 Å². The number of para-hydroxylation sites is 2. The molecule has 3 aromatic carbocycles. The molecule has 4 rings (SSSR count). The van der Waals surface area contributed by atoms with E-state index in [0.29, 0.717) is 22.5 Å². The lowest BCUT2D eigenvalue weighted by atomic mass is 10.1. The van der Waals surface area contributed by atoms with E-state index in [-0.39, 0.29) is 11.7 Å². The average molecular weight is 489 g/mol. The highest BCUT2D eigenvalue weighted by Crippen LogP contribution is 2.34. The number of thioether (sulfide) groups is 1. The third-order valence-electron chi connectivity index (χ3n) is 5.63. The molecule has 1 amide bonds. The van der Waals surface area contributed by atoms with Crippen molar-refractivity contribution in [2.45, 2.75) is 25.4 Å². The van der Waals surface area contributed by atoms with E-state index in [2.05, 4.69) is 22.4 Å². The minimum Gasteiger partial charge on any atom is -0.493 e. The first-order valence-corrected chi connectivity index (χ1v) is 12.3. The highest BCUT2D eigenvalue weighted by atomic mass is 32.2. The van der Waals surface area contributed by atoms with Crippen molar-refractivity contribution in [3.63, 3.8) is 0 Å². The zero-order chi connectivity index (χ0) is 24.8. The van der Waals surface area contributed by atoms with Crippen molar-refractivity contribution in [1.82, 2.24) is 14.8 Å². The van der Waals surface area contributed by atoms with Crippen LogP contribution in [0, 0.1) is 6.92 Å². The molecule has 1 N–H and O–H groups in total. The van der Waals surface area contributed by atoms with Gasteiger partial charge in [-0.05, 0) is 54.8 Å². The molecule has 0 fully saturated rings. The van der Waals surface area contributed by atoms with E-state index in [9.17, 15) is 4.79 Å². The van der Waals surface area contributed by atoms with E-state index in [4.69, 9.17) is 9.47 Å². The van der Waals surface area contributed by atoms with Crippen molar-refractivity contribution in [2.75, 3.05) is 25.3 Å². The van der Waals surface area contributed by atoms with E-state index in [1.54, 1.807) is 14.2 Å². The summed E-state index contributed by atoms with van der Waals surface area (Å²) >= 11 is 1.34. The third kappa shape index (κ3) is 5.33. The van der Waals surface area contributed by atoms with Crippen molar-refractivity contribution < 1.29 is 14.3 Å². The molecule has 0 aliphatic rings. The topological polar surface area (TPSA) is 78.3 Å². The van der Waals surface area contributed by atoms with Gasteiger partial charge in [0.2, 0.25) is 5.91 Å². The molecule has 0 radical (unpaired) electrons. The summed E-state index contributed by atoms with van der Waals surface area (Å²) in [6, 6.07) is 21.5. The van der Waals surface area contributed by atoms with Crippen LogP contribution in [-0.4, -0.2) is 40.6 Å². The van der Waals surface area contributed by atoms with Crippen molar-refractivity contribution >= 4 is 23.4 Å². The highest BCUT2D eigenvalue weighted by molar-refractivity contribution is 7.99. The SMILES string of the molecule is CCc1cccc(C)c1NC(=O)CSc1nnc(-c2ccc(OC)c(OC)c2)n1-c1ccccc1. The molecule has 1 heterocycles. The molecule has 0 saturated carbocycles. The van der Waals surface area contributed by atoms with Crippen LogP contribution in [0.2, 0.25) is 0 Å². The fraction of sp³-hybridized carbons (Fsp3) is 0.222. The van der Waals surface area contributed by atoms with Crippen molar-refractivity contribution in [1.29, 1.82) is 0 Å². The number of benzene rings is 3. The van der Waals surface area contributed by atoms with Crippen LogP contribution in [0.5, 0.6) is 11.5 Å². The largest absolute Gasteiger partial charge is 0.493 e. The van der Waals surface area contributed by atoms with Crippen LogP contribution in [0.25, 0.3) is 17.1 Å². The number of hydrogen-bond acceptors (Lipinski definition) is 6. The summed E-state index contributed by atoms with van der Waals surface area (Å²) < 4.78 is 12.8. The molecule has 8 heteroatoms. The van der Waals surface area contributed by atoms with Gasteiger partial charge in [0.05, 0.1) is 20.0 Å². The van der Waals surface area contributed by atoms with Crippen LogP contribution in [0.4, 0.5) is 5.69 Å². The Hall–Kier alpha value is -3.78. The molecule has 35 heavy (non-hydrogen) atoms. The Balaban J connectivity index is 1.63. The molecule has 7 nitrogen and oxygen atoms in total. The van der Waals surface area contributed by atoms with Gasteiger partial charge in [0.15, 0.2) is 22.5 Å². The first-order valence-electron chi connectivity index (χ1n) is 11.3. The number of rotatable bonds is 9. The molecule has 0 saturated heterocycles. The quantitative estimate of drug-likeness (QED) is 0.311. The molecule has 1 aromatic heterocycles.